The number of hydrogen-bond donors (Lipinski definition) is 1. The summed E-state index contributed by atoms with van der Waals surface area (Å²) in [5.41, 5.74) is 2.15. The smallest absolute Gasteiger partial charge is 0.254 e. The van der Waals surface area contributed by atoms with Gasteiger partial charge in [-0.3, -0.25) is 9.48 Å². The lowest BCUT2D eigenvalue weighted by molar-refractivity contribution is -0.125. The van der Waals surface area contributed by atoms with Gasteiger partial charge in [-0.25, -0.2) is 0 Å². The van der Waals surface area contributed by atoms with Crippen LogP contribution in [0.2, 0.25) is 0 Å². The number of aryl methyl sites for hydroxylation is 2. The van der Waals surface area contributed by atoms with Gasteiger partial charge in [0.2, 0.25) is 0 Å². The molecule has 1 atom stereocenters. The summed E-state index contributed by atoms with van der Waals surface area (Å²) >= 11 is 0. The molecule has 0 saturated carbocycles. The molecule has 1 N–H and O–H groups in total. The summed E-state index contributed by atoms with van der Waals surface area (Å²) in [6.07, 6.45) is 1.97. The molecular formula is C13H23N3O2. The van der Waals surface area contributed by atoms with Crippen LogP contribution in [0, 0.1) is 0 Å². The van der Waals surface area contributed by atoms with Gasteiger partial charge in [0.25, 0.3) is 5.91 Å². The van der Waals surface area contributed by atoms with Crippen molar-refractivity contribution in [2.75, 3.05) is 12.4 Å². The molecule has 0 aromatic carbocycles. The largest absolute Gasteiger partial charge is 0.372 e. The molecule has 0 unspecified atom stereocenters. The molecule has 0 aliphatic rings. The van der Waals surface area contributed by atoms with Gasteiger partial charge in [0, 0.05) is 19.7 Å². The molecule has 0 fully saturated rings. The Hall–Kier alpha value is -1.36. The number of aromatic nitrogens is 2. The highest BCUT2D eigenvalue weighted by Crippen LogP contribution is 2.21. The highest BCUT2D eigenvalue weighted by Gasteiger charge is 2.20. The fraction of sp³-hybridized carbons (Fsp3) is 0.692. The molecule has 0 saturated heterocycles. The maximum atomic E-state index is 12.0. The van der Waals surface area contributed by atoms with Crippen LogP contribution in [0.4, 0.5) is 5.82 Å². The number of hydrogen-bond acceptors (Lipinski definition) is 3. The molecule has 18 heavy (non-hydrogen) atoms. The first-order chi connectivity index (χ1) is 8.58. The Bertz CT molecular complexity index is 409. The first-order valence-corrected chi connectivity index (χ1v) is 6.47. The molecule has 5 heteroatoms. The monoisotopic (exact) mass is 253 g/mol. The molecule has 1 aromatic rings. The van der Waals surface area contributed by atoms with E-state index in [1.54, 1.807) is 11.8 Å². The minimum atomic E-state index is -0.408. The molecule has 1 amide bonds. The standard InChI is InChI=1S/C13H23N3O2/c1-6-9-10(7-2)15-16(4)12(9)14-13(17)11(8-3)18-5/h11H,6-8H2,1-5H3,(H,14,17)/t11-/m0/s1. The second kappa shape index (κ2) is 6.54. The van der Waals surface area contributed by atoms with Crippen molar-refractivity contribution in [2.45, 2.75) is 46.1 Å². The summed E-state index contributed by atoms with van der Waals surface area (Å²) in [5, 5.41) is 7.35. The summed E-state index contributed by atoms with van der Waals surface area (Å²) in [6.45, 7) is 6.06. The maximum absolute atomic E-state index is 12.0. The van der Waals surface area contributed by atoms with E-state index in [1.807, 2.05) is 14.0 Å². The van der Waals surface area contributed by atoms with Crippen LogP contribution in [0.25, 0.3) is 0 Å². The van der Waals surface area contributed by atoms with Gasteiger partial charge in [-0.2, -0.15) is 5.10 Å². The Kier molecular flexibility index (Phi) is 5.34. The fourth-order valence-electron chi connectivity index (χ4n) is 2.09. The van der Waals surface area contributed by atoms with Crippen LogP contribution in [-0.4, -0.2) is 28.9 Å². The first kappa shape index (κ1) is 14.7. The molecule has 0 aliphatic heterocycles. The number of amides is 1. The average molecular weight is 253 g/mol. The summed E-state index contributed by atoms with van der Waals surface area (Å²) in [6, 6.07) is 0. The van der Waals surface area contributed by atoms with E-state index < -0.39 is 6.10 Å². The summed E-state index contributed by atoms with van der Waals surface area (Å²) in [4.78, 5) is 12.0. The molecule has 5 nitrogen and oxygen atoms in total. The Morgan fingerprint density at radius 3 is 2.50 bits per heavy atom. The molecular weight excluding hydrogens is 230 g/mol. The zero-order chi connectivity index (χ0) is 13.7. The lowest BCUT2D eigenvalue weighted by Gasteiger charge is -2.14. The van der Waals surface area contributed by atoms with Crippen molar-refractivity contribution in [1.29, 1.82) is 0 Å². The third-order valence-electron chi connectivity index (χ3n) is 3.11. The van der Waals surface area contributed by atoms with Crippen molar-refractivity contribution in [1.82, 2.24) is 9.78 Å². The van der Waals surface area contributed by atoms with Gasteiger partial charge in [0.1, 0.15) is 11.9 Å². The maximum Gasteiger partial charge on any atom is 0.254 e. The van der Waals surface area contributed by atoms with Crippen LogP contribution in [0.1, 0.15) is 38.4 Å². The van der Waals surface area contributed by atoms with Gasteiger partial charge in [0.05, 0.1) is 5.69 Å². The molecule has 0 aliphatic carbocycles. The molecule has 1 heterocycles. The van der Waals surface area contributed by atoms with E-state index >= 15 is 0 Å². The number of anilines is 1. The van der Waals surface area contributed by atoms with E-state index in [-0.39, 0.29) is 5.91 Å². The molecule has 1 aromatic heterocycles. The van der Waals surface area contributed by atoms with Gasteiger partial charge >= 0.3 is 0 Å². The van der Waals surface area contributed by atoms with Gasteiger partial charge in [-0.1, -0.05) is 20.8 Å². The van der Waals surface area contributed by atoms with Crippen molar-refractivity contribution in [3.8, 4) is 0 Å². The number of carbonyl (C=O) groups excluding carboxylic acids is 1. The van der Waals surface area contributed by atoms with Gasteiger partial charge in [0.15, 0.2) is 0 Å². The third kappa shape index (κ3) is 2.90. The number of rotatable bonds is 6. The van der Waals surface area contributed by atoms with Crippen LogP contribution in [0.3, 0.4) is 0 Å². The minimum Gasteiger partial charge on any atom is -0.372 e. The van der Waals surface area contributed by atoms with Gasteiger partial charge in [-0.05, 0) is 19.3 Å². The lowest BCUT2D eigenvalue weighted by atomic mass is 10.1. The van der Waals surface area contributed by atoms with Crippen LogP contribution in [0.5, 0.6) is 0 Å². The number of nitrogens with zero attached hydrogens (tertiary/aromatic N) is 2. The molecule has 1 rings (SSSR count). The fourth-order valence-corrected chi connectivity index (χ4v) is 2.09. The zero-order valence-corrected chi connectivity index (χ0v) is 11.9. The number of nitrogens with one attached hydrogen (secondary N) is 1. The van der Waals surface area contributed by atoms with E-state index in [0.29, 0.717) is 6.42 Å². The Morgan fingerprint density at radius 1 is 1.39 bits per heavy atom. The predicted octanol–water partition coefficient (Wildman–Crippen LogP) is 1.91. The molecule has 0 radical (unpaired) electrons. The Labute approximate surface area is 109 Å². The third-order valence-corrected chi connectivity index (χ3v) is 3.11. The van der Waals surface area contributed by atoms with Gasteiger partial charge in [-0.15, -0.1) is 0 Å². The van der Waals surface area contributed by atoms with Crippen LogP contribution in [0.15, 0.2) is 0 Å². The van der Waals surface area contributed by atoms with E-state index in [9.17, 15) is 4.79 Å². The van der Waals surface area contributed by atoms with Crippen molar-refractivity contribution < 1.29 is 9.53 Å². The van der Waals surface area contributed by atoms with E-state index in [0.717, 1.165) is 29.9 Å². The number of ether oxygens (including phenoxy) is 1. The van der Waals surface area contributed by atoms with Crippen LogP contribution in [-0.2, 0) is 29.4 Å². The zero-order valence-electron chi connectivity index (χ0n) is 11.9. The average Bonchev–Trinajstić information content (AvgIpc) is 2.67. The first-order valence-electron chi connectivity index (χ1n) is 6.47. The summed E-state index contributed by atoms with van der Waals surface area (Å²) in [7, 11) is 3.40. The number of methoxy groups -OCH3 is 1. The van der Waals surface area contributed by atoms with Crippen molar-refractivity contribution >= 4 is 11.7 Å². The van der Waals surface area contributed by atoms with Crippen molar-refractivity contribution in [3.63, 3.8) is 0 Å². The van der Waals surface area contributed by atoms with Gasteiger partial charge < -0.3 is 10.1 Å². The minimum absolute atomic E-state index is 0.111. The van der Waals surface area contributed by atoms with Crippen LogP contribution < -0.4 is 5.32 Å². The van der Waals surface area contributed by atoms with E-state index in [2.05, 4.69) is 24.3 Å². The number of carbonyl (C=O) groups is 1. The molecule has 0 spiro atoms. The SMILES string of the molecule is CCc1nn(C)c(NC(=O)[C@H](CC)OC)c1CC. The predicted molar refractivity (Wildman–Crippen MR) is 71.7 cm³/mol. The highest BCUT2D eigenvalue weighted by molar-refractivity contribution is 5.94. The van der Waals surface area contributed by atoms with Crippen molar-refractivity contribution in [3.05, 3.63) is 11.3 Å². The van der Waals surface area contributed by atoms with Crippen molar-refractivity contribution in [2.24, 2.45) is 7.05 Å². The lowest BCUT2D eigenvalue weighted by Crippen LogP contribution is -2.30. The molecule has 102 valence electrons. The van der Waals surface area contributed by atoms with Crippen LogP contribution >= 0.6 is 0 Å². The second-order valence-corrected chi connectivity index (χ2v) is 4.23. The topological polar surface area (TPSA) is 56.2 Å². The van der Waals surface area contributed by atoms with E-state index in [1.165, 1.54) is 0 Å². The second-order valence-electron chi connectivity index (χ2n) is 4.23. The summed E-state index contributed by atoms with van der Waals surface area (Å²) in [5.74, 6) is 0.676. The quantitative estimate of drug-likeness (QED) is 0.842. The summed E-state index contributed by atoms with van der Waals surface area (Å²) < 4.78 is 6.87. The highest BCUT2D eigenvalue weighted by atomic mass is 16.5. The van der Waals surface area contributed by atoms with E-state index in [4.69, 9.17) is 4.74 Å². The molecule has 0 bridgehead atoms. The Morgan fingerprint density at radius 2 is 2.06 bits per heavy atom. The normalized spacial score (nSPS) is 12.5. The Balaban J connectivity index is 2.96.